The highest BCUT2D eigenvalue weighted by Gasteiger charge is 2.26. The van der Waals surface area contributed by atoms with Gasteiger partial charge in [-0.2, -0.15) is 0 Å². The molecule has 0 saturated carbocycles. The summed E-state index contributed by atoms with van der Waals surface area (Å²) in [5, 5.41) is 6.02. The standard InChI is InChI=1S/C20H16N2O3S2/c23-27(24,18-10-5-2-6-11-18)22(17-8-3-1-4-9-17)15-16-14-19(25-21-16)20-12-7-13-26-20/h1-14H,15H2. The molecule has 0 bridgehead atoms. The van der Waals surface area contributed by atoms with Crippen molar-refractivity contribution in [1.29, 1.82) is 0 Å². The summed E-state index contributed by atoms with van der Waals surface area (Å²) in [6.45, 7) is 0.0795. The minimum Gasteiger partial charge on any atom is -0.355 e. The van der Waals surface area contributed by atoms with Crippen LogP contribution in [0.4, 0.5) is 5.69 Å². The van der Waals surface area contributed by atoms with Crippen LogP contribution in [0, 0.1) is 0 Å². The third-order valence-corrected chi connectivity index (χ3v) is 6.68. The van der Waals surface area contributed by atoms with E-state index >= 15 is 0 Å². The van der Waals surface area contributed by atoms with Crippen molar-refractivity contribution in [2.75, 3.05) is 4.31 Å². The molecule has 0 spiro atoms. The van der Waals surface area contributed by atoms with Gasteiger partial charge in [-0.15, -0.1) is 11.3 Å². The normalized spacial score (nSPS) is 11.4. The molecule has 0 fully saturated rings. The third kappa shape index (κ3) is 3.65. The largest absolute Gasteiger partial charge is 0.355 e. The van der Waals surface area contributed by atoms with Gasteiger partial charge in [0.1, 0.15) is 5.69 Å². The summed E-state index contributed by atoms with van der Waals surface area (Å²) in [5.41, 5.74) is 1.11. The summed E-state index contributed by atoms with van der Waals surface area (Å²) in [4.78, 5) is 1.18. The molecule has 7 heteroatoms. The molecule has 27 heavy (non-hydrogen) atoms. The van der Waals surface area contributed by atoms with Gasteiger partial charge in [0.05, 0.1) is 22.0 Å². The highest BCUT2D eigenvalue weighted by Crippen LogP contribution is 2.28. The summed E-state index contributed by atoms with van der Waals surface area (Å²) >= 11 is 1.54. The molecule has 0 aliphatic carbocycles. The highest BCUT2D eigenvalue weighted by molar-refractivity contribution is 7.92. The predicted molar refractivity (Wildman–Crippen MR) is 106 cm³/mol. The van der Waals surface area contributed by atoms with Gasteiger partial charge < -0.3 is 4.52 Å². The zero-order chi connectivity index (χ0) is 18.7. The van der Waals surface area contributed by atoms with E-state index in [0.29, 0.717) is 17.1 Å². The lowest BCUT2D eigenvalue weighted by Gasteiger charge is -2.23. The number of nitrogens with zero attached hydrogens (tertiary/aromatic N) is 2. The second kappa shape index (κ2) is 7.38. The molecule has 0 N–H and O–H groups in total. The Kier molecular flexibility index (Phi) is 4.79. The van der Waals surface area contributed by atoms with Crippen molar-refractivity contribution in [3.63, 3.8) is 0 Å². The fourth-order valence-corrected chi connectivity index (χ4v) is 4.83. The summed E-state index contributed by atoms with van der Waals surface area (Å²) in [7, 11) is -3.74. The number of anilines is 1. The quantitative estimate of drug-likeness (QED) is 0.470. The third-order valence-electron chi connectivity index (χ3n) is 4.00. The number of hydrogen-bond donors (Lipinski definition) is 0. The lowest BCUT2D eigenvalue weighted by atomic mass is 10.3. The lowest BCUT2D eigenvalue weighted by Crippen LogP contribution is -2.30. The average molecular weight is 396 g/mol. The van der Waals surface area contributed by atoms with E-state index in [2.05, 4.69) is 5.16 Å². The van der Waals surface area contributed by atoms with Crippen LogP contribution in [0.5, 0.6) is 0 Å². The molecule has 4 aromatic rings. The maximum atomic E-state index is 13.2. The lowest BCUT2D eigenvalue weighted by molar-refractivity contribution is 0.424. The van der Waals surface area contributed by atoms with E-state index in [-0.39, 0.29) is 11.4 Å². The Balaban J connectivity index is 1.72. The van der Waals surface area contributed by atoms with Crippen molar-refractivity contribution in [2.24, 2.45) is 0 Å². The van der Waals surface area contributed by atoms with Gasteiger partial charge in [-0.1, -0.05) is 47.6 Å². The smallest absolute Gasteiger partial charge is 0.264 e. The van der Waals surface area contributed by atoms with Gasteiger partial charge in [-0.3, -0.25) is 4.31 Å². The minimum atomic E-state index is -3.74. The molecule has 0 radical (unpaired) electrons. The van der Waals surface area contributed by atoms with Crippen LogP contribution in [-0.2, 0) is 16.6 Å². The van der Waals surface area contributed by atoms with Crippen molar-refractivity contribution in [2.45, 2.75) is 11.4 Å². The van der Waals surface area contributed by atoms with E-state index in [4.69, 9.17) is 4.52 Å². The number of sulfonamides is 1. The van der Waals surface area contributed by atoms with E-state index in [1.54, 1.807) is 59.9 Å². The van der Waals surface area contributed by atoms with Crippen LogP contribution in [-0.4, -0.2) is 13.6 Å². The van der Waals surface area contributed by atoms with Crippen molar-refractivity contribution >= 4 is 27.0 Å². The van der Waals surface area contributed by atoms with Crippen LogP contribution in [0.25, 0.3) is 10.6 Å². The SMILES string of the molecule is O=S(=O)(c1ccccc1)N(Cc1cc(-c2cccs2)on1)c1ccccc1. The number of para-hydroxylation sites is 1. The molecule has 0 amide bonds. The van der Waals surface area contributed by atoms with Crippen molar-refractivity contribution in [1.82, 2.24) is 5.16 Å². The van der Waals surface area contributed by atoms with Gasteiger partial charge in [-0.25, -0.2) is 8.42 Å². The van der Waals surface area contributed by atoms with E-state index in [1.165, 1.54) is 4.31 Å². The first-order valence-electron chi connectivity index (χ1n) is 8.27. The molecule has 0 atom stereocenters. The second-order valence-electron chi connectivity index (χ2n) is 5.82. The van der Waals surface area contributed by atoms with Gasteiger partial charge >= 0.3 is 0 Å². The number of rotatable bonds is 6. The van der Waals surface area contributed by atoms with E-state index in [9.17, 15) is 8.42 Å². The average Bonchev–Trinajstić information content (AvgIpc) is 3.39. The van der Waals surface area contributed by atoms with Crippen LogP contribution in [0.2, 0.25) is 0 Å². The summed E-state index contributed by atoms with van der Waals surface area (Å²) in [6.07, 6.45) is 0. The first-order valence-corrected chi connectivity index (χ1v) is 10.6. The van der Waals surface area contributed by atoms with Crippen LogP contribution in [0.15, 0.2) is 93.7 Å². The van der Waals surface area contributed by atoms with Crippen molar-refractivity contribution < 1.29 is 12.9 Å². The molecule has 5 nitrogen and oxygen atoms in total. The zero-order valence-corrected chi connectivity index (χ0v) is 15.9. The van der Waals surface area contributed by atoms with E-state index in [1.807, 2.05) is 35.7 Å². The van der Waals surface area contributed by atoms with E-state index in [0.717, 1.165) is 4.88 Å². The molecule has 0 aliphatic rings. The molecular weight excluding hydrogens is 380 g/mol. The minimum absolute atomic E-state index is 0.0795. The molecule has 4 rings (SSSR count). The van der Waals surface area contributed by atoms with Crippen LogP contribution < -0.4 is 4.31 Å². The Labute approximate surface area is 161 Å². The molecule has 136 valence electrons. The first-order chi connectivity index (χ1) is 13.1. The Morgan fingerprint density at radius 1 is 0.926 bits per heavy atom. The van der Waals surface area contributed by atoms with Crippen LogP contribution in [0.3, 0.4) is 0 Å². The maximum Gasteiger partial charge on any atom is 0.264 e. The predicted octanol–water partition coefficient (Wildman–Crippen LogP) is 4.80. The maximum absolute atomic E-state index is 13.2. The Bertz CT molecular complexity index is 1110. The number of thiophene rings is 1. The summed E-state index contributed by atoms with van der Waals surface area (Å²) in [5.74, 6) is 0.630. The Hall–Kier alpha value is -2.90. The fourth-order valence-electron chi connectivity index (χ4n) is 2.70. The molecule has 0 aliphatic heterocycles. The van der Waals surface area contributed by atoms with Crippen molar-refractivity contribution in [3.05, 3.63) is 89.9 Å². The highest BCUT2D eigenvalue weighted by atomic mass is 32.2. The topological polar surface area (TPSA) is 63.4 Å². The zero-order valence-electron chi connectivity index (χ0n) is 14.2. The molecule has 0 unspecified atom stereocenters. The number of aromatic nitrogens is 1. The molecule has 2 heterocycles. The molecule has 2 aromatic heterocycles. The number of hydrogen-bond acceptors (Lipinski definition) is 5. The van der Waals surface area contributed by atoms with Crippen LogP contribution in [0.1, 0.15) is 5.69 Å². The summed E-state index contributed by atoms with van der Waals surface area (Å²) < 4.78 is 33.2. The second-order valence-corrected chi connectivity index (χ2v) is 8.63. The number of benzene rings is 2. The van der Waals surface area contributed by atoms with Gasteiger partial charge in [0.15, 0.2) is 5.76 Å². The van der Waals surface area contributed by atoms with Gasteiger partial charge in [0.25, 0.3) is 10.0 Å². The van der Waals surface area contributed by atoms with Gasteiger partial charge in [0.2, 0.25) is 0 Å². The monoisotopic (exact) mass is 396 g/mol. The van der Waals surface area contributed by atoms with Crippen molar-refractivity contribution in [3.8, 4) is 10.6 Å². The van der Waals surface area contributed by atoms with Gasteiger partial charge in [0, 0.05) is 6.07 Å². The first kappa shape index (κ1) is 17.5. The Morgan fingerprint density at radius 2 is 1.63 bits per heavy atom. The summed E-state index contributed by atoms with van der Waals surface area (Å²) in [6, 6.07) is 23.0. The molecule has 2 aromatic carbocycles. The molecular formula is C20H16N2O3S2. The molecule has 0 saturated heterocycles. The Morgan fingerprint density at radius 3 is 2.30 bits per heavy atom. The fraction of sp³-hybridized carbons (Fsp3) is 0.0500. The van der Waals surface area contributed by atoms with E-state index < -0.39 is 10.0 Å². The van der Waals surface area contributed by atoms with Gasteiger partial charge in [-0.05, 0) is 35.7 Å². The van der Waals surface area contributed by atoms with Crippen LogP contribution >= 0.6 is 11.3 Å².